The Morgan fingerprint density at radius 1 is 1.40 bits per heavy atom. The second kappa shape index (κ2) is 5.87. The van der Waals surface area contributed by atoms with Gasteiger partial charge >= 0.3 is 0 Å². The predicted molar refractivity (Wildman–Crippen MR) is 79.9 cm³/mol. The van der Waals surface area contributed by atoms with Crippen LogP contribution in [-0.2, 0) is 4.79 Å². The maximum atomic E-state index is 12.0. The van der Waals surface area contributed by atoms with E-state index in [0.717, 1.165) is 36.1 Å². The summed E-state index contributed by atoms with van der Waals surface area (Å²) < 4.78 is 1.07. The maximum absolute atomic E-state index is 12.0. The number of carbonyl (C=O) groups excluding carboxylic acids is 1. The zero-order valence-corrected chi connectivity index (χ0v) is 11.9. The van der Waals surface area contributed by atoms with Crippen LogP contribution in [0.5, 0.6) is 0 Å². The van der Waals surface area contributed by atoms with E-state index in [1.807, 2.05) is 24.3 Å². The first-order valence-electron chi connectivity index (χ1n) is 6.76. The van der Waals surface area contributed by atoms with Crippen molar-refractivity contribution in [2.75, 3.05) is 25.0 Å². The van der Waals surface area contributed by atoms with E-state index in [9.17, 15) is 9.90 Å². The number of anilines is 1. The van der Waals surface area contributed by atoms with Crippen LogP contribution in [0.3, 0.4) is 0 Å². The fourth-order valence-electron chi connectivity index (χ4n) is 2.37. The number of amides is 1. The summed E-state index contributed by atoms with van der Waals surface area (Å²) in [6.07, 6.45) is 1.28. The van der Waals surface area contributed by atoms with E-state index < -0.39 is 0 Å². The summed E-state index contributed by atoms with van der Waals surface area (Å²) >= 11 is 1.49. The summed E-state index contributed by atoms with van der Waals surface area (Å²) in [5.74, 6) is -0.0413. The summed E-state index contributed by atoms with van der Waals surface area (Å²) in [7, 11) is 0. The largest absolute Gasteiger partial charge is 0.393 e. The van der Waals surface area contributed by atoms with E-state index in [1.165, 1.54) is 11.3 Å². The molecule has 3 rings (SSSR count). The van der Waals surface area contributed by atoms with Gasteiger partial charge in [-0.05, 0) is 25.0 Å². The second-order valence-corrected chi connectivity index (χ2v) is 6.07. The van der Waals surface area contributed by atoms with Crippen molar-refractivity contribution in [1.29, 1.82) is 0 Å². The van der Waals surface area contributed by atoms with Gasteiger partial charge in [-0.25, -0.2) is 4.98 Å². The number of para-hydroxylation sites is 1. The first-order valence-corrected chi connectivity index (χ1v) is 7.58. The number of benzene rings is 1. The van der Waals surface area contributed by atoms with Crippen LogP contribution in [0.2, 0.25) is 0 Å². The topological polar surface area (TPSA) is 65.5 Å². The average Bonchev–Trinajstić information content (AvgIpc) is 2.83. The van der Waals surface area contributed by atoms with Gasteiger partial charge in [0.05, 0.1) is 22.9 Å². The number of nitrogens with one attached hydrogen (secondary N) is 1. The fourth-order valence-corrected chi connectivity index (χ4v) is 3.25. The molecular weight excluding hydrogens is 274 g/mol. The molecule has 0 radical (unpaired) electrons. The molecule has 1 aliphatic heterocycles. The number of aliphatic hydroxyl groups is 1. The highest BCUT2D eigenvalue weighted by Gasteiger charge is 2.19. The minimum Gasteiger partial charge on any atom is -0.393 e. The second-order valence-electron chi connectivity index (χ2n) is 5.04. The molecule has 0 aliphatic carbocycles. The monoisotopic (exact) mass is 291 g/mol. The number of rotatable bonds is 3. The molecule has 0 saturated carbocycles. The number of carbonyl (C=O) groups is 1. The van der Waals surface area contributed by atoms with E-state index in [2.05, 4.69) is 15.2 Å². The number of likely N-dealkylation sites (tertiary alicyclic amines) is 1. The fraction of sp³-hybridized carbons (Fsp3) is 0.429. The molecule has 0 bridgehead atoms. The van der Waals surface area contributed by atoms with Crippen molar-refractivity contribution in [3.63, 3.8) is 0 Å². The molecule has 2 aromatic rings. The Morgan fingerprint density at radius 3 is 2.90 bits per heavy atom. The molecule has 0 unspecified atom stereocenters. The summed E-state index contributed by atoms with van der Waals surface area (Å²) in [6.45, 7) is 1.91. The lowest BCUT2D eigenvalue weighted by atomic mass is 10.1. The number of aliphatic hydroxyl groups excluding tert-OH is 1. The molecule has 0 spiro atoms. The van der Waals surface area contributed by atoms with Gasteiger partial charge in [-0.3, -0.25) is 9.69 Å². The van der Waals surface area contributed by atoms with E-state index >= 15 is 0 Å². The lowest BCUT2D eigenvalue weighted by Gasteiger charge is -2.28. The molecule has 5 nitrogen and oxygen atoms in total. The van der Waals surface area contributed by atoms with E-state index in [1.54, 1.807) is 0 Å². The highest BCUT2D eigenvalue weighted by molar-refractivity contribution is 7.22. The van der Waals surface area contributed by atoms with Crippen LogP contribution in [0.25, 0.3) is 10.2 Å². The Labute approximate surface area is 121 Å². The number of fused-ring (bicyclic) bond motifs is 1. The Kier molecular flexibility index (Phi) is 3.95. The van der Waals surface area contributed by atoms with Gasteiger partial charge in [-0.2, -0.15) is 0 Å². The molecule has 6 heteroatoms. The van der Waals surface area contributed by atoms with Crippen LogP contribution in [0, 0.1) is 0 Å². The number of nitrogens with zero attached hydrogens (tertiary/aromatic N) is 2. The van der Waals surface area contributed by atoms with Gasteiger partial charge < -0.3 is 10.4 Å². The predicted octanol–water partition coefficient (Wildman–Crippen LogP) is 1.69. The maximum Gasteiger partial charge on any atom is 0.240 e. The lowest BCUT2D eigenvalue weighted by molar-refractivity contribution is -0.117. The first kappa shape index (κ1) is 13.5. The van der Waals surface area contributed by atoms with Crippen molar-refractivity contribution in [3.05, 3.63) is 24.3 Å². The SMILES string of the molecule is O=C(CN1CCC(O)CC1)Nc1nc2ccccc2s1. The van der Waals surface area contributed by atoms with Gasteiger partial charge in [0.25, 0.3) is 0 Å². The zero-order chi connectivity index (χ0) is 13.9. The van der Waals surface area contributed by atoms with Crippen LogP contribution in [0.4, 0.5) is 5.13 Å². The van der Waals surface area contributed by atoms with Crippen molar-refractivity contribution >= 4 is 32.6 Å². The van der Waals surface area contributed by atoms with Gasteiger partial charge in [0.2, 0.25) is 5.91 Å². The summed E-state index contributed by atoms with van der Waals surface area (Å²) in [6, 6.07) is 7.83. The van der Waals surface area contributed by atoms with Crippen molar-refractivity contribution in [2.45, 2.75) is 18.9 Å². The normalized spacial score (nSPS) is 17.4. The van der Waals surface area contributed by atoms with Crippen molar-refractivity contribution in [3.8, 4) is 0 Å². The van der Waals surface area contributed by atoms with Crippen molar-refractivity contribution in [2.24, 2.45) is 0 Å². The van der Waals surface area contributed by atoms with Gasteiger partial charge in [0.15, 0.2) is 5.13 Å². The van der Waals surface area contributed by atoms with E-state index in [4.69, 9.17) is 0 Å². The lowest BCUT2D eigenvalue weighted by Crippen LogP contribution is -2.40. The molecule has 1 aromatic heterocycles. The minimum absolute atomic E-state index is 0.0413. The molecule has 0 atom stereocenters. The Bertz CT molecular complexity index is 572. The molecule has 1 fully saturated rings. The molecule has 106 valence electrons. The van der Waals surface area contributed by atoms with Crippen LogP contribution < -0.4 is 5.32 Å². The quantitative estimate of drug-likeness (QED) is 0.903. The third-order valence-corrected chi connectivity index (χ3v) is 4.42. The molecule has 20 heavy (non-hydrogen) atoms. The van der Waals surface area contributed by atoms with Crippen LogP contribution in [0.15, 0.2) is 24.3 Å². The minimum atomic E-state index is -0.210. The Balaban J connectivity index is 1.58. The van der Waals surface area contributed by atoms with Crippen molar-refractivity contribution in [1.82, 2.24) is 9.88 Å². The standard InChI is InChI=1S/C14H17N3O2S/c18-10-5-7-17(8-6-10)9-13(19)16-14-15-11-3-1-2-4-12(11)20-14/h1-4,10,18H,5-9H2,(H,15,16,19). The third kappa shape index (κ3) is 3.15. The Morgan fingerprint density at radius 2 is 2.15 bits per heavy atom. The zero-order valence-electron chi connectivity index (χ0n) is 11.1. The van der Waals surface area contributed by atoms with Crippen LogP contribution in [0.1, 0.15) is 12.8 Å². The smallest absolute Gasteiger partial charge is 0.240 e. The van der Waals surface area contributed by atoms with Gasteiger partial charge in [0, 0.05) is 13.1 Å². The van der Waals surface area contributed by atoms with Crippen LogP contribution in [-0.4, -0.2) is 46.6 Å². The van der Waals surface area contributed by atoms with Gasteiger partial charge in [0.1, 0.15) is 0 Å². The number of hydrogen-bond acceptors (Lipinski definition) is 5. The third-order valence-electron chi connectivity index (χ3n) is 3.46. The number of thiazole rings is 1. The van der Waals surface area contributed by atoms with Gasteiger partial charge in [-0.1, -0.05) is 23.5 Å². The molecule has 1 aliphatic rings. The molecule has 1 saturated heterocycles. The van der Waals surface area contributed by atoms with Crippen molar-refractivity contribution < 1.29 is 9.90 Å². The summed E-state index contributed by atoms with van der Waals surface area (Å²) in [4.78, 5) is 18.4. The summed E-state index contributed by atoms with van der Waals surface area (Å²) in [5, 5.41) is 12.9. The highest BCUT2D eigenvalue weighted by atomic mass is 32.1. The Hall–Kier alpha value is -1.50. The molecule has 2 N–H and O–H groups in total. The molecule has 1 aromatic carbocycles. The number of piperidine rings is 1. The van der Waals surface area contributed by atoms with Crippen LogP contribution >= 0.6 is 11.3 Å². The van der Waals surface area contributed by atoms with E-state index in [0.29, 0.717) is 11.7 Å². The molecule has 2 heterocycles. The average molecular weight is 291 g/mol. The number of aromatic nitrogens is 1. The van der Waals surface area contributed by atoms with Gasteiger partial charge in [-0.15, -0.1) is 0 Å². The number of hydrogen-bond donors (Lipinski definition) is 2. The van der Waals surface area contributed by atoms with E-state index in [-0.39, 0.29) is 12.0 Å². The highest BCUT2D eigenvalue weighted by Crippen LogP contribution is 2.25. The summed E-state index contributed by atoms with van der Waals surface area (Å²) in [5.41, 5.74) is 0.911. The molecular formula is C14H17N3O2S. The molecule has 1 amide bonds. The first-order chi connectivity index (χ1) is 9.70.